The molecule has 2 heterocycles. The van der Waals surface area contributed by atoms with Gasteiger partial charge in [0, 0.05) is 10.8 Å². The number of hydrogen-bond donors (Lipinski definition) is 1. The summed E-state index contributed by atoms with van der Waals surface area (Å²) >= 11 is 1.80. The first-order valence-electron chi connectivity index (χ1n) is 6.86. The van der Waals surface area contributed by atoms with Crippen molar-refractivity contribution >= 4 is 36.2 Å². The molecule has 1 aliphatic rings. The first kappa shape index (κ1) is 20.1. The van der Waals surface area contributed by atoms with Crippen LogP contribution in [0.15, 0.2) is 5.38 Å². The molecule has 0 amide bonds. The molecule has 1 aromatic heterocycles. The lowest BCUT2D eigenvalue weighted by Crippen LogP contribution is -2.35. The first-order valence-corrected chi connectivity index (χ1v) is 7.74. The molecule has 0 atom stereocenters. The molecule has 2 N–H and O–H groups in total. The first-order chi connectivity index (χ1) is 8.49. The SMILES string of the molecule is CC(C)(C)c1csc(CN2CCC(CN)CC2)n1.Cl.Cl. The van der Waals surface area contributed by atoms with Crippen LogP contribution in [0.3, 0.4) is 0 Å². The van der Waals surface area contributed by atoms with E-state index in [2.05, 4.69) is 31.1 Å². The number of piperidine rings is 1. The highest BCUT2D eigenvalue weighted by Crippen LogP contribution is 2.25. The quantitative estimate of drug-likeness (QED) is 0.916. The molecule has 1 aromatic rings. The monoisotopic (exact) mass is 339 g/mol. The summed E-state index contributed by atoms with van der Waals surface area (Å²) in [5.74, 6) is 0.739. The van der Waals surface area contributed by atoms with Crippen LogP contribution in [0.4, 0.5) is 0 Å². The molecule has 1 aliphatic heterocycles. The lowest BCUT2D eigenvalue weighted by Gasteiger charge is -2.30. The van der Waals surface area contributed by atoms with Crippen molar-refractivity contribution in [2.24, 2.45) is 11.7 Å². The van der Waals surface area contributed by atoms with E-state index in [1.807, 2.05) is 0 Å². The van der Waals surface area contributed by atoms with Crippen molar-refractivity contribution in [1.82, 2.24) is 9.88 Å². The highest BCUT2D eigenvalue weighted by atomic mass is 35.5. The van der Waals surface area contributed by atoms with E-state index in [1.165, 1.54) is 36.6 Å². The lowest BCUT2D eigenvalue weighted by molar-refractivity contribution is 0.180. The number of aromatic nitrogens is 1. The highest BCUT2D eigenvalue weighted by Gasteiger charge is 2.21. The second-order valence-corrected chi connectivity index (χ2v) is 7.27. The third kappa shape index (κ3) is 5.49. The number of thiazole rings is 1. The molecule has 20 heavy (non-hydrogen) atoms. The number of halogens is 2. The Labute approximate surface area is 139 Å². The third-order valence-corrected chi connectivity index (χ3v) is 4.55. The van der Waals surface area contributed by atoms with Gasteiger partial charge in [-0.25, -0.2) is 4.98 Å². The van der Waals surface area contributed by atoms with E-state index in [1.54, 1.807) is 11.3 Å². The van der Waals surface area contributed by atoms with Crippen molar-refractivity contribution in [2.75, 3.05) is 19.6 Å². The second kappa shape index (κ2) is 8.54. The summed E-state index contributed by atoms with van der Waals surface area (Å²) in [4.78, 5) is 7.28. The fourth-order valence-corrected chi connectivity index (χ4v) is 3.36. The number of likely N-dealkylation sites (tertiary alicyclic amines) is 1. The van der Waals surface area contributed by atoms with Crippen molar-refractivity contribution < 1.29 is 0 Å². The lowest BCUT2D eigenvalue weighted by atomic mass is 9.93. The summed E-state index contributed by atoms with van der Waals surface area (Å²) in [6.07, 6.45) is 2.49. The van der Waals surface area contributed by atoms with E-state index in [0.29, 0.717) is 0 Å². The predicted molar refractivity (Wildman–Crippen MR) is 92.4 cm³/mol. The van der Waals surface area contributed by atoms with Crippen LogP contribution < -0.4 is 5.73 Å². The molecule has 118 valence electrons. The van der Waals surface area contributed by atoms with Gasteiger partial charge in [-0.1, -0.05) is 20.8 Å². The number of rotatable bonds is 3. The maximum atomic E-state index is 5.72. The van der Waals surface area contributed by atoms with Crippen molar-refractivity contribution in [3.8, 4) is 0 Å². The van der Waals surface area contributed by atoms with Crippen molar-refractivity contribution in [2.45, 2.75) is 45.6 Å². The van der Waals surface area contributed by atoms with Gasteiger partial charge in [-0.15, -0.1) is 36.2 Å². The van der Waals surface area contributed by atoms with Crippen LogP contribution in [0.2, 0.25) is 0 Å². The summed E-state index contributed by atoms with van der Waals surface area (Å²) in [5.41, 5.74) is 7.11. The van der Waals surface area contributed by atoms with Gasteiger partial charge >= 0.3 is 0 Å². The third-order valence-electron chi connectivity index (χ3n) is 3.72. The van der Waals surface area contributed by atoms with Crippen molar-refractivity contribution in [3.05, 3.63) is 16.1 Å². The molecule has 1 fully saturated rings. The van der Waals surface area contributed by atoms with Gasteiger partial charge in [-0.2, -0.15) is 0 Å². The Morgan fingerprint density at radius 1 is 1.30 bits per heavy atom. The van der Waals surface area contributed by atoms with Gasteiger partial charge < -0.3 is 5.73 Å². The average molecular weight is 340 g/mol. The summed E-state index contributed by atoms with van der Waals surface area (Å²) < 4.78 is 0. The molecular formula is C14H27Cl2N3S. The minimum absolute atomic E-state index is 0. The molecule has 0 unspecified atom stereocenters. The number of nitrogens with zero attached hydrogens (tertiary/aromatic N) is 2. The normalized spacial score (nSPS) is 17.4. The van der Waals surface area contributed by atoms with Gasteiger partial charge in [0.2, 0.25) is 0 Å². The molecule has 0 spiro atoms. The summed E-state index contributed by atoms with van der Waals surface area (Å²) in [6, 6.07) is 0. The fourth-order valence-electron chi connectivity index (χ4n) is 2.30. The number of nitrogens with two attached hydrogens (primary N) is 1. The van der Waals surface area contributed by atoms with Crippen LogP contribution in [0.5, 0.6) is 0 Å². The Balaban J connectivity index is 0.00000180. The van der Waals surface area contributed by atoms with E-state index < -0.39 is 0 Å². The largest absolute Gasteiger partial charge is 0.330 e. The molecule has 0 radical (unpaired) electrons. The van der Waals surface area contributed by atoms with E-state index in [9.17, 15) is 0 Å². The highest BCUT2D eigenvalue weighted by molar-refractivity contribution is 7.09. The molecule has 0 aliphatic carbocycles. The molecule has 1 saturated heterocycles. The van der Waals surface area contributed by atoms with Crippen LogP contribution >= 0.6 is 36.2 Å². The summed E-state index contributed by atoms with van der Waals surface area (Å²) in [7, 11) is 0. The molecule has 2 rings (SSSR count). The van der Waals surface area contributed by atoms with Gasteiger partial charge in [0.25, 0.3) is 0 Å². The summed E-state index contributed by atoms with van der Waals surface area (Å²) in [6.45, 7) is 10.9. The molecule has 0 bridgehead atoms. The Morgan fingerprint density at radius 3 is 2.35 bits per heavy atom. The Kier molecular flexibility index (Phi) is 8.60. The molecular weight excluding hydrogens is 313 g/mol. The average Bonchev–Trinajstić information content (AvgIpc) is 2.78. The number of hydrogen-bond acceptors (Lipinski definition) is 4. The van der Waals surface area contributed by atoms with Crippen LogP contribution in [0.25, 0.3) is 0 Å². The van der Waals surface area contributed by atoms with E-state index in [0.717, 1.165) is 19.0 Å². The Hall–Kier alpha value is 0.130. The van der Waals surface area contributed by atoms with Gasteiger partial charge in [-0.3, -0.25) is 4.90 Å². The van der Waals surface area contributed by atoms with Crippen molar-refractivity contribution in [3.63, 3.8) is 0 Å². The van der Waals surface area contributed by atoms with Crippen LogP contribution in [0, 0.1) is 5.92 Å². The molecule has 0 saturated carbocycles. The van der Waals surface area contributed by atoms with Gasteiger partial charge in [-0.05, 0) is 38.4 Å². The van der Waals surface area contributed by atoms with Gasteiger partial charge in [0.05, 0.1) is 12.2 Å². The predicted octanol–water partition coefficient (Wildman–Crippen LogP) is 3.45. The van der Waals surface area contributed by atoms with Crippen LogP contribution in [-0.4, -0.2) is 29.5 Å². The zero-order chi connectivity index (χ0) is 13.2. The topological polar surface area (TPSA) is 42.1 Å². The zero-order valence-electron chi connectivity index (χ0n) is 12.6. The molecule has 6 heteroatoms. The Bertz CT molecular complexity index is 382. The van der Waals surface area contributed by atoms with Crippen LogP contribution in [-0.2, 0) is 12.0 Å². The smallest absolute Gasteiger partial charge is 0.107 e. The Morgan fingerprint density at radius 2 is 1.90 bits per heavy atom. The molecule has 3 nitrogen and oxygen atoms in total. The summed E-state index contributed by atoms with van der Waals surface area (Å²) in [5, 5.41) is 3.47. The van der Waals surface area contributed by atoms with Crippen LogP contribution in [0.1, 0.15) is 44.3 Å². The second-order valence-electron chi connectivity index (χ2n) is 6.33. The van der Waals surface area contributed by atoms with Gasteiger partial charge in [0.1, 0.15) is 5.01 Å². The maximum absolute atomic E-state index is 5.72. The minimum atomic E-state index is 0. The molecule has 0 aromatic carbocycles. The van der Waals surface area contributed by atoms with Crippen molar-refractivity contribution in [1.29, 1.82) is 0 Å². The van der Waals surface area contributed by atoms with E-state index in [4.69, 9.17) is 10.7 Å². The van der Waals surface area contributed by atoms with E-state index >= 15 is 0 Å². The fraction of sp³-hybridized carbons (Fsp3) is 0.786. The van der Waals surface area contributed by atoms with E-state index in [-0.39, 0.29) is 30.2 Å². The maximum Gasteiger partial charge on any atom is 0.107 e. The van der Waals surface area contributed by atoms with Gasteiger partial charge in [0.15, 0.2) is 0 Å². The standard InChI is InChI=1S/C14H25N3S.2ClH/c1-14(2,3)12-10-18-13(16-12)9-17-6-4-11(8-15)5-7-17;;/h10-11H,4-9,15H2,1-3H3;2*1H. The minimum Gasteiger partial charge on any atom is -0.330 e. The zero-order valence-corrected chi connectivity index (χ0v) is 15.0.